The van der Waals surface area contributed by atoms with Gasteiger partial charge in [0.2, 0.25) is 7.51 Å². The summed E-state index contributed by atoms with van der Waals surface area (Å²) in [5.74, 6) is 0. The molecule has 0 aromatic rings. The van der Waals surface area contributed by atoms with Gasteiger partial charge < -0.3 is 0 Å². The van der Waals surface area contributed by atoms with Crippen molar-refractivity contribution in [2.75, 3.05) is 81.6 Å². The SMILES string of the molecule is CCN(CC)[P+](N=P(N(C)C)(N(C)C)N(C)C)(N(CC)CC)N(CC)CC. The van der Waals surface area contributed by atoms with Crippen molar-refractivity contribution < 1.29 is 0 Å². The molecule has 0 saturated carbocycles. The monoisotopic (exact) mass is 424 g/mol. The minimum absolute atomic E-state index is 1.01. The van der Waals surface area contributed by atoms with Crippen LogP contribution in [0.5, 0.6) is 0 Å². The summed E-state index contributed by atoms with van der Waals surface area (Å²) < 4.78 is 20.9. The molecule has 0 heterocycles. The second kappa shape index (κ2) is 12.2. The molecule has 0 rings (SSSR count). The van der Waals surface area contributed by atoms with Crippen LogP contribution in [0.3, 0.4) is 0 Å². The summed E-state index contributed by atoms with van der Waals surface area (Å²) in [6, 6.07) is 0. The molecule has 7 nitrogen and oxygen atoms in total. The lowest BCUT2D eigenvalue weighted by Gasteiger charge is -2.47. The molecule has 0 aliphatic carbocycles. The Morgan fingerprint density at radius 1 is 0.519 bits per heavy atom. The Hall–Kier alpha value is 0.420. The highest BCUT2D eigenvalue weighted by Gasteiger charge is 2.57. The molecule has 0 aliphatic heterocycles. The van der Waals surface area contributed by atoms with E-state index in [2.05, 4.69) is 112 Å². The Bertz CT molecular complexity index is 397. The van der Waals surface area contributed by atoms with Crippen LogP contribution in [0.4, 0.5) is 0 Å². The van der Waals surface area contributed by atoms with E-state index < -0.39 is 15.4 Å². The average molecular weight is 425 g/mol. The van der Waals surface area contributed by atoms with Gasteiger partial charge in [0, 0.05) is 39.3 Å². The van der Waals surface area contributed by atoms with Crippen molar-refractivity contribution in [2.45, 2.75) is 41.5 Å². The summed E-state index contributed by atoms with van der Waals surface area (Å²) >= 11 is 0. The molecule has 9 heteroatoms. The van der Waals surface area contributed by atoms with Gasteiger partial charge in [-0.05, 0) is 88.3 Å². The zero-order valence-corrected chi connectivity index (χ0v) is 22.1. The maximum Gasteiger partial charge on any atom is 0.357 e. The van der Waals surface area contributed by atoms with Crippen molar-refractivity contribution in [2.24, 2.45) is 4.52 Å². The van der Waals surface area contributed by atoms with Gasteiger partial charge in [-0.15, -0.1) is 14.0 Å². The molecule has 0 N–H and O–H groups in total. The fourth-order valence-electron chi connectivity index (χ4n) is 3.99. The quantitative estimate of drug-likeness (QED) is 0.410. The Kier molecular flexibility index (Phi) is 12.4. The number of hydrogen-bond acceptors (Lipinski definition) is 4. The molecule has 27 heavy (non-hydrogen) atoms. The lowest BCUT2D eigenvalue weighted by atomic mass is 10.7. The number of rotatable bonds is 13. The molecule has 0 radical (unpaired) electrons. The van der Waals surface area contributed by atoms with E-state index in [0.717, 1.165) is 39.3 Å². The Morgan fingerprint density at radius 2 is 0.741 bits per heavy atom. The predicted octanol–water partition coefficient (Wildman–Crippen LogP) is 4.32. The maximum absolute atomic E-state index is 5.94. The fourth-order valence-corrected chi connectivity index (χ4v) is 14.1. The van der Waals surface area contributed by atoms with Crippen molar-refractivity contribution in [3.8, 4) is 0 Å². The molecule has 0 bridgehead atoms. The third kappa shape index (κ3) is 5.32. The largest absolute Gasteiger partial charge is 0.357 e. The number of hydrogen-bond donors (Lipinski definition) is 0. The summed E-state index contributed by atoms with van der Waals surface area (Å²) in [5, 5.41) is 0. The molecular weight excluding hydrogens is 376 g/mol. The maximum atomic E-state index is 5.94. The zero-order valence-electron chi connectivity index (χ0n) is 20.3. The van der Waals surface area contributed by atoms with Gasteiger partial charge in [0.15, 0.2) is 0 Å². The average Bonchev–Trinajstić information content (AvgIpc) is 2.61. The van der Waals surface area contributed by atoms with Gasteiger partial charge in [-0.2, -0.15) is 0 Å². The summed E-state index contributed by atoms with van der Waals surface area (Å²) in [4.78, 5) is 0. The van der Waals surface area contributed by atoms with Crippen LogP contribution < -0.4 is 0 Å². The summed E-state index contributed by atoms with van der Waals surface area (Å²) in [7, 11) is 8.99. The van der Waals surface area contributed by atoms with Gasteiger partial charge in [-0.3, -0.25) is 0 Å². The highest BCUT2D eigenvalue weighted by Crippen LogP contribution is 2.75. The van der Waals surface area contributed by atoms with Gasteiger partial charge in [-0.1, -0.05) is 0 Å². The van der Waals surface area contributed by atoms with Crippen LogP contribution in [-0.4, -0.2) is 110 Å². The summed E-state index contributed by atoms with van der Waals surface area (Å²) in [6.45, 7) is 19.7. The lowest BCUT2D eigenvalue weighted by molar-refractivity contribution is 0.328. The van der Waals surface area contributed by atoms with Gasteiger partial charge in [0.25, 0.3) is 0 Å². The van der Waals surface area contributed by atoms with Crippen LogP contribution in [0, 0.1) is 0 Å². The van der Waals surface area contributed by atoms with E-state index in [0.29, 0.717) is 0 Å². The van der Waals surface area contributed by atoms with E-state index in [1.54, 1.807) is 0 Å². The first kappa shape index (κ1) is 27.4. The van der Waals surface area contributed by atoms with Gasteiger partial charge >= 0.3 is 7.87 Å². The van der Waals surface area contributed by atoms with Gasteiger partial charge in [0.05, 0.1) is 0 Å². The van der Waals surface area contributed by atoms with Crippen molar-refractivity contribution in [3.05, 3.63) is 0 Å². The fraction of sp³-hybridized carbons (Fsp3) is 1.00. The third-order valence-electron chi connectivity index (χ3n) is 5.18. The second-order valence-corrected chi connectivity index (χ2v) is 14.1. The van der Waals surface area contributed by atoms with E-state index in [1.807, 2.05) is 0 Å². The molecule has 0 atom stereocenters. The van der Waals surface area contributed by atoms with Crippen molar-refractivity contribution in [1.82, 2.24) is 28.0 Å². The van der Waals surface area contributed by atoms with E-state index in [1.165, 1.54) is 0 Å². The molecule has 0 unspecified atom stereocenters. The molecule has 0 aromatic carbocycles. The van der Waals surface area contributed by atoms with Crippen molar-refractivity contribution in [1.29, 1.82) is 0 Å². The highest BCUT2D eigenvalue weighted by atomic mass is 31.2. The highest BCUT2D eigenvalue weighted by molar-refractivity contribution is 7.75. The second-order valence-electron chi connectivity index (χ2n) is 7.12. The Morgan fingerprint density at radius 3 is 0.889 bits per heavy atom. The number of nitrogens with zero attached hydrogens (tertiary/aromatic N) is 7. The van der Waals surface area contributed by atoms with E-state index >= 15 is 0 Å². The van der Waals surface area contributed by atoms with Gasteiger partial charge in [0.1, 0.15) is 0 Å². The van der Waals surface area contributed by atoms with Crippen LogP contribution in [0.1, 0.15) is 41.5 Å². The first-order valence-corrected chi connectivity index (χ1v) is 13.6. The molecule has 0 aliphatic rings. The molecule has 0 amide bonds. The Balaban J connectivity index is 7.32. The summed E-state index contributed by atoms with van der Waals surface area (Å²) in [6.07, 6.45) is 0. The minimum Gasteiger partial charge on any atom is -0.249 e. The van der Waals surface area contributed by atoms with E-state index in [9.17, 15) is 0 Å². The molecule has 0 fully saturated rings. The first-order chi connectivity index (χ1) is 12.6. The normalized spacial score (nSPS) is 13.9. The smallest absolute Gasteiger partial charge is 0.249 e. The molecular formula is C18H48N7P2+. The minimum atomic E-state index is -2.06. The van der Waals surface area contributed by atoms with Crippen molar-refractivity contribution in [3.63, 3.8) is 0 Å². The van der Waals surface area contributed by atoms with Crippen LogP contribution in [-0.2, 0) is 0 Å². The molecule has 0 spiro atoms. The third-order valence-corrected chi connectivity index (χ3v) is 14.3. The molecule has 0 saturated heterocycles. The molecule has 0 aromatic heterocycles. The Labute approximate surface area is 171 Å². The van der Waals surface area contributed by atoms with Crippen LogP contribution in [0.25, 0.3) is 0 Å². The molecule has 164 valence electrons. The topological polar surface area (TPSA) is 31.8 Å². The van der Waals surface area contributed by atoms with Crippen molar-refractivity contribution >= 4 is 15.4 Å². The predicted molar refractivity (Wildman–Crippen MR) is 126 cm³/mol. The van der Waals surface area contributed by atoms with Gasteiger partial charge in [-0.25, -0.2) is 14.0 Å². The standard InChI is InChI=1S/C18H48N7P2/c1-13-23(14-2)27(24(15-3)16-4,25(17-5)18-6)19-26(20(7)8,21(9)10)22(11)12/h13-18H2,1-12H3/q+1. The van der Waals surface area contributed by atoms with E-state index in [-0.39, 0.29) is 0 Å². The van der Waals surface area contributed by atoms with Crippen LogP contribution in [0.15, 0.2) is 4.52 Å². The summed E-state index contributed by atoms with van der Waals surface area (Å²) in [5.41, 5.74) is 0. The van der Waals surface area contributed by atoms with E-state index in [4.69, 9.17) is 4.52 Å². The van der Waals surface area contributed by atoms with Crippen LogP contribution in [0.2, 0.25) is 0 Å². The first-order valence-electron chi connectivity index (χ1n) is 10.4. The zero-order chi connectivity index (χ0) is 21.4. The van der Waals surface area contributed by atoms with Crippen LogP contribution >= 0.6 is 15.4 Å². The lowest BCUT2D eigenvalue weighted by Crippen LogP contribution is -2.45.